The first-order chi connectivity index (χ1) is 10.1. The van der Waals surface area contributed by atoms with E-state index in [1.165, 1.54) is 19.5 Å². The van der Waals surface area contributed by atoms with E-state index in [0.29, 0.717) is 0 Å². The number of nitrogens with zero attached hydrogens (tertiary/aromatic N) is 1. The fourth-order valence-corrected chi connectivity index (χ4v) is 3.85. The fourth-order valence-electron chi connectivity index (χ4n) is 3.22. The largest absolute Gasteiger partial charge is 0.352 e. The van der Waals surface area contributed by atoms with Crippen molar-refractivity contribution in [3.05, 3.63) is 33.4 Å². The Morgan fingerprint density at radius 3 is 2.62 bits per heavy atom. The van der Waals surface area contributed by atoms with Gasteiger partial charge in [0.1, 0.15) is 0 Å². The summed E-state index contributed by atoms with van der Waals surface area (Å²) in [6.45, 7) is 8.91. The van der Waals surface area contributed by atoms with Gasteiger partial charge in [-0.1, -0.05) is 26.0 Å². The van der Waals surface area contributed by atoms with E-state index in [2.05, 4.69) is 46.7 Å². The van der Waals surface area contributed by atoms with Gasteiger partial charge >= 0.3 is 0 Å². The molecule has 0 spiro atoms. The van der Waals surface area contributed by atoms with Crippen LogP contribution >= 0.6 is 22.6 Å². The van der Waals surface area contributed by atoms with E-state index in [0.717, 1.165) is 40.5 Å². The van der Waals surface area contributed by atoms with Gasteiger partial charge in [-0.2, -0.15) is 0 Å². The quantitative estimate of drug-likeness (QED) is 0.607. The van der Waals surface area contributed by atoms with Crippen molar-refractivity contribution in [1.29, 1.82) is 0 Å². The van der Waals surface area contributed by atoms with E-state index in [1.807, 2.05) is 24.3 Å². The Morgan fingerprint density at radius 2 is 1.95 bits per heavy atom. The van der Waals surface area contributed by atoms with E-state index in [9.17, 15) is 4.79 Å². The Labute approximate surface area is 141 Å². The van der Waals surface area contributed by atoms with Crippen LogP contribution in [-0.4, -0.2) is 37.0 Å². The zero-order chi connectivity index (χ0) is 15.2. The number of carbonyl (C=O) groups excluding carboxylic acids is 1. The topological polar surface area (TPSA) is 32.3 Å². The third kappa shape index (κ3) is 5.25. The molecule has 2 atom stereocenters. The molecule has 116 valence electrons. The molecule has 0 saturated carbocycles. The van der Waals surface area contributed by atoms with Crippen LogP contribution in [0.4, 0.5) is 0 Å². The van der Waals surface area contributed by atoms with Crippen LogP contribution in [0.3, 0.4) is 0 Å². The van der Waals surface area contributed by atoms with Crippen LogP contribution in [0, 0.1) is 15.4 Å². The lowest BCUT2D eigenvalue weighted by Crippen LogP contribution is -2.40. The fraction of sp³-hybridized carbons (Fsp3) is 0.588. The van der Waals surface area contributed by atoms with E-state index < -0.39 is 0 Å². The third-order valence-corrected chi connectivity index (χ3v) is 4.94. The molecule has 4 heteroatoms. The van der Waals surface area contributed by atoms with Crippen molar-refractivity contribution in [2.24, 2.45) is 11.8 Å². The lowest BCUT2D eigenvalue weighted by molar-refractivity contribution is 0.0946. The molecule has 1 fully saturated rings. The first-order valence-corrected chi connectivity index (χ1v) is 8.89. The summed E-state index contributed by atoms with van der Waals surface area (Å²) in [5.41, 5.74) is 0.776. The molecular weight excluding hydrogens is 375 g/mol. The van der Waals surface area contributed by atoms with Gasteiger partial charge in [-0.25, -0.2) is 0 Å². The summed E-state index contributed by atoms with van der Waals surface area (Å²) in [6.07, 6.45) is 2.37. The predicted octanol–water partition coefficient (Wildman–Crippen LogP) is 3.39. The molecule has 1 heterocycles. The number of carbonyl (C=O) groups is 1. The van der Waals surface area contributed by atoms with E-state index >= 15 is 0 Å². The highest BCUT2D eigenvalue weighted by Gasteiger charge is 2.21. The standard InChI is InChI=1S/C17H25IN2O/c1-13-10-14(2)12-20(11-13)9-5-8-19-17(21)15-6-3-4-7-16(15)18/h3-4,6-7,13-14H,5,8-12H2,1-2H3,(H,19,21). The Bertz CT molecular complexity index is 468. The predicted molar refractivity (Wildman–Crippen MR) is 95.5 cm³/mol. The molecule has 1 N–H and O–H groups in total. The normalized spacial score (nSPS) is 23.0. The summed E-state index contributed by atoms with van der Waals surface area (Å²) < 4.78 is 1.01. The Morgan fingerprint density at radius 1 is 1.29 bits per heavy atom. The second-order valence-corrected chi connectivity index (χ2v) is 7.46. The van der Waals surface area contributed by atoms with Gasteiger partial charge in [-0.3, -0.25) is 4.79 Å². The van der Waals surface area contributed by atoms with Crippen molar-refractivity contribution in [1.82, 2.24) is 10.2 Å². The first-order valence-electron chi connectivity index (χ1n) is 7.81. The molecule has 0 bridgehead atoms. The summed E-state index contributed by atoms with van der Waals surface area (Å²) in [4.78, 5) is 14.6. The number of hydrogen-bond acceptors (Lipinski definition) is 2. The SMILES string of the molecule is CC1CC(C)CN(CCCNC(=O)c2ccccc2I)C1. The zero-order valence-corrected chi connectivity index (χ0v) is 15.1. The molecule has 1 saturated heterocycles. The van der Waals surface area contributed by atoms with Gasteiger partial charge in [0.25, 0.3) is 5.91 Å². The molecule has 0 radical (unpaired) electrons. The summed E-state index contributed by atoms with van der Waals surface area (Å²) in [6, 6.07) is 7.71. The molecule has 1 amide bonds. The molecule has 21 heavy (non-hydrogen) atoms. The lowest BCUT2D eigenvalue weighted by Gasteiger charge is -2.34. The van der Waals surface area contributed by atoms with E-state index in [1.54, 1.807) is 0 Å². The molecule has 0 aliphatic carbocycles. The second kappa shape index (κ2) is 8.13. The number of hydrogen-bond donors (Lipinski definition) is 1. The molecule has 2 rings (SSSR count). The second-order valence-electron chi connectivity index (χ2n) is 6.29. The number of benzene rings is 1. The van der Waals surface area contributed by atoms with Crippen LogP contribution in [0.15, 0.2) is 24.3 Å². The molecule has 0 aromatic heterocycles. The monoisotopic (exact) mass is 400 g/mol. The third-order valence-electron chi connectivity index (χ3n) is 4.00. The molecule has 1 aliphatic rings. The Kier molecular flexibility index (Phi) is 6.48. The number of likely N-dealkylation sites (tertiary alicyclic amines) is 1. The minimum Gasteiger partial charge on any atom is -0.352 e. The Hall–Kier alpha value is -0.620. The van der Waals surface area contributed by atoms with Gasteiger partial charge in [0.2, 0.25) is 0 Å². The molecule has 3 nitrogen and oxygen atoms in total. The summed E-state index contributed by atoms with van der Waals surface area (Å²) >= 11 is 2.21. The van der Waals surface area contributed by atoms with Crippen molar-refractivity contribution in [2.75, 3.05) is 26.2 Å². The average molecular weight is 400 g/mol. The maximum atomic E-state index is 12.1. The molecule has 1 aromatic rings. The zero-order valence-electron chi connectivity index (χ0n) is 12.9. The number of rotatable bonds is 5. The van der Waals surface area contributed by atoms with Crippen molar-refractivity contribution in [2.45, 2.75) is 26.7 Å². The first kappa shape index (κ1) is 16.7. The highest BCUT2D eigenvalue weighted by molar-refractivity contribution is 14.1. The van der Waals surface area contributed by atoms with Crippen LogP contribution in [0.5, 0.6) is 0 Å². The maximum absolute atomic E-state index is 12.1. The molecular formula is C17H25IN2O. The summed E-state index contributed by atoms with van der Waals surface area (Å²) in [5, 5.41) is 3.03. The van der Waals surface area contributed by atoms with Crippen LogP contribution in [0.2, 0.25) is 0 Å². The minimum absolute atomic E-state index is 0.0420. The molecule has 1 aliphatic heterocycles. The average Bonchev–Trinajstić information content (AvgIpc) is 2.43. The smallest absolute Gasteiger partial charge is 0.252 e. The number of piperidine rings is 1. The molecule has 1 aromatic carbocycles. The molecule has 2 unspecified atom stereocenters. The van der Waals surface area contributed by atoms with Crippen LogP contribution in [0.1, 0.15) is 37.0 Å². The van der Waals surface area contributed by atoms with Crippen molar-refractivity contribution in [3.8, 4) is 0 Å². The van der Waals surface area contributed by atoms with Crippen LogP contribution in [0.25, 0.3) is 0 Å². The van der Waals surface area contributed by atoms with Gasteiger partial charge in [-0.05, 0) is 65.9 Å². The van der Waals surface area contributed by atoms with E-state index in [4.69, 9.17) is 0 Å². The highest BCUT2D eigenvalue weighted by Crippen LogP contribution is 2.20. The number of halogens is 1. The van der Waals surface area contributed by atoms with Gasteiger partial charge in [0.05, 0.1) is 5.56 Å². The maximum Gasteiger partial charge on any atom is 0.252 e. The van der Waals surface area contributed by atoms with E-state index in [-0.39, 0.29) is 5.91 Å². The lowest BCUT2D eigenvalue weighted by atomic mass is 9.92. The van der Waals surface area contributed by atoms with Gasteiger partial charge in [0, 0.05) is 23.2 Å². The van der Waals surface area contributed by atoms with Crippen molar-refractivity contribution in [3.63, 3.8) is 0 Å². The van der Waals surface area contributed by atoms with Crippen molar-refractivity contribution >= 4 is 28.5 Å². The summed E-state index contributed by atoms with van der Waals surface area (Å²) in [5.74, 6) is 1.64. The highest BCUT2D eigenvalue weighted by atomic mass is 127. The van der Waals surface area contributed by atoms with Crippen molar-refractivity contribution < 1.29 is 4.79 Å². The van der Waals surface area contributed by atoms with Crippen LogP contribution in [-0.2, 0) is 0 Å². The number of nitrogens with one attached hydrogen (secondary N) is 1. The minimum atomic E-state index is 0.0420. The van der Waals surface area contributed by atoms with Gasteiger partial charge < -0.3 is 10.2 Å². The Balaban J connectivity index is 1.70. The van der Waals surface area contributed by atoms with Gasteiger partial charge in [-0.15, -0.1) is 0 Å². The van der Waals surface area contributed by atoms with Crippen LogP contribution < -0.4 is 5.32 Å². The summed E-state index contributed by atoms with van der Waals surface area (Å²) in [7, 11) is 0. The van der Waals surface area contributed by atoms with Gasteiger partial charge in [0.15, 0.2) is 0 Å². The number of amides is 1.